The molecule has 26 heavy (non-hydrogen) atoms. The Labute approximate surface area is 153 Å². The fraction of sp³-hybridized carbons (Fsp3) is 0.250. The summed E-state index contributed by atoms with van der Waals surface area (Å²) in [6, 6.07) is 17.5. The van der Waals surface area contributed by atoms with Crippen LogP contribution in [0.5, 0.6) is 0 Å². The van der Waals surface area contributed by atoms with E-state index >= 15 is 0 Å². The highest BCUT2D eigenvalue weighted by atomic mass is 16.2. The van der Waals surface area contributed by atoms with Crippen LogP contribution in [0.1, 0.15) is 16.1 Å². The van der Waals surface area contributed by atoms with Crippen LogP contribution in [0, 0.1) is 0 Å². The first-order valence-electron chi connectivity index (χ1n) is 8.60. The van der Waals surface area contributed by atoms with Crippen molar-refractivity contribution in [2.75, 3.05) is 32.9 Å². The van der Waals surface area contributed by atoms with Gasteiger partial charge >= 0.3 is 5.95 Å². The molecule has 0 atom stereocenters. The number of nitrogens with zero attached hydrogens (tertiary/aromatic N) is 3. The molecule has 134 valence electrons. The molecule has 0 fully saturated rings. The van der Waals surface area contributed by atoms with Gasteiger partial charge in [-0.2, -0.15) is 0 Å². The van der Waals surface area contributed by atoms with Crippen molar-refractivity contribution >= 4 is 22.8 Å². The molecule has 0 aliphatic heterocycles. The third kappa shape index (κ3) is 4.15. The third-order valence-electron chi connectivity index (χ3n) is 4.20. The predicted molar refractivity (Wildman–Crippen MR) is 102 cm³/mol. The highest BCUT2D eigenvalue weighted by Crippen LogP contribution is 2.17. The van der Waals surface area contributed by atoms with Gasteiger partial charge < -0.3 is 9.80 Å². The van der Waals surface area contributed by atoms with Crippen molar-refractivity contribution in [1.29, 1.82) is 0 Å². The lowest BCUT2D eigenvalue weighted by molar-refractivity contribution is -0.367. The summed E-state index contributed by atoms with van der Waals surface area (Å²) >= 11 is 0. The van der Waals surface area contributed by atoms with Crippen molar-refractivity contribution in [2.24, 2.45) is 0 Å². The number of amides is 1. The van der Waals surface area contributed by atoms with Crippen LogP contribution < -0.4 is 10.7 Å². The monoisotopic (exact) mass is 350 g/mol. The fourth-order valence-corrected chi connectivity index (χ4v) is 2.84. The molecule has 0 saturated heterocycles. The standard InChI is InChI=1S/C20H23N5O/c1-24(2)12-13-25(14-15-8-4-3-5-9-15)19(26)18-16-10-6-7-11-17(16)22-20(21)23-18/h3-11H,12-14H2,1-2H3,(H2,21,22,23)/p+1. The summed E-state index contributed by atoms with van der Waals surface area (Å²) in [4.78, 5) is 24.5. The minimum atomic E-state index is -0.0824. The first-order valence-corrected chi connectivity index (χ1v) is 8.60. The Bertz CT molecular complexity index is 895. The number of benzene rings is 2. The van der Waals surface area contributed by atoms with Crippen LogP contribution in [0.3, 0.4) is 0 Å². The lowest BCUT2D eigenvalue weighted by Gasteiger charge is -2.24. The molecule has 0 unspecified atom stereocenters. The minimum absolute atomic E-state index is 0.0824. The second kappa shape index (κ2) is 7.93. The number of hydrogen-bond donors (Lipinski definition) is 1. The lowest BCUT2D eigenvalue weighted by atomic mass is 10.1. The van der Waals surface area contributed by atoms with Gasteiger partial charge in [0.15, 0.2) is 11.2 Å². The Morgan fingerprint density at radius 3 is 2.46 bits per heavy atom. The van der Waals surface area contributed by atoms with Gasteiger partial charge in [-0.15, -0.1) is 0 Å². The predicted octanol–water partition coefficient (Wildman–Crippen LogP) is 1.84. The van der Waals surface area contributed by atoms with Crippen LogP contribution in [0.4, 0.5) is 5.95 Å². The third-order valence-corrected chi connectivity index (χ3v) is 4.20. The maximum atomic E-state index is 13.3. The number of carbonyl (C=O) groups is 1. The maximum Gasteiger partial charge on any atom is 0.388 e. The molecule has 3 aromatic rings. The summed E-state index contributed by atoms with van der Waals surface area (Å²) < 4.78 is 0. The van der Waals surface area contributed by atoms with Gasteiger partial charge in [-0.3, -0.25) is 10.5 Å². The molecule has 1 aromatic heterocycles. The number of likely N-dealkylation sites (N-methyl/N-ethyl adjacent to an activating group) is 1. The van der Waals surface area contributed by atoms with Crippen molar-refractivity contribution in [2.45, 2.75) is 6.54 Å². The highest BCUT2D eigenvalue weighted by molar-refractivity contribution is 6.02. The average Bonchev–Trinajstić information content (AvgIpc) is 2.64. The van der Waals surface area contributed by atoms with Crippen LogP contribution in [0.2, 0.25) is 0 Å². The van der Waals surface area contributed by atoms with E-state index in [2.05, 4.69) is 14.9 Å². The SMILES string of the molecule is CN(C)CCN(Cc1ccccc1)C(=O)c1[nH+]c(N)nc2ccccc12. The molecule has 3 N–H and O–H groups in total. The molecule has 0 radical (unpaired) electrons. The van der Waals surface area contributed by atoms with E-state index in [1.54, 1.807) is 0 Å². The van der Waals surface area contributed by atoms with Gasteiger partial charge in [0.2, 0.25) is 0 Å². The molecule has 2 aromatic carbocycles. The van der Waals surface area contributed by atoms with Crippen molar-refractivity contribution < 1.29 is 9.78 Å². The smallest absolute Gasteiger partial charge is 0.331 e. The molecule has 6 heteroatoms. The molecule has 1 heterocycles. The van der Waals surface area contributed by atoms with E-state index in [-0.39, 0.29) is 11.9 Å². The highest BCUT2D eigenvalue weighted by Gasteiger charge is 2.23. The number of nitrogen functional groups attached to an aromatic ring is 1. The van der Waals surface area contributed by atoms with E-state index in [0.29, 0.717) is 24.3 Å². The van der Waals surface area contributed by atoms with Crippen LogP contribution >= 0.6 is 0 Å². The van der Waals surface area contributed by atoms with E-state index in [1.165, 1.54) is 0 Å². The maximum absolute atomic E-state index is 13.3. The molecule has 0 aliphatic carbocycles. The largest absolute Gasteiger partial charge is 0.388 e. The number of anilines is 1. The summed E-state index contributed by atoms with van der Waals surface area (Å²) in [5.41, 5.74) is 8.16. The van der Waals surface area contributed by atoms with Crippen LogP contribution in [-0.2, 0) is 6.54 Å². The number of aromatic nitrogens is 2. The Hall–Kier alpha value is -2.99. The quantitative estimate of drug-likeness (QED) is 0.736. The number of nitrogens with one attached hydrogen (secondary N) is 1. The molecular formula is C20H24N5O+. The second-order valence-corrected chi connectivity index (χ2v) is 6.53. The summed E-state index contributed by atoms with van der Waals surface area (Å²) in [7, 11) is 3.99. The molecule has 0 bridgehead atoms. The van der Waals surface area contributed by atoms with Crippen molar-refractivity contribution in [1.82, 2.24) is 14.8 Å². The van der Waals surface area contributed by atoms with E-state index in [0.717, 1.165) is 17.5 Å². The van der Waals surface area contributed by atoms with E-state index in [4.69, 9.17) is 5.73 Å². The van der Waals surface area contributed by atoms with Gasteiger partial charge in [-0.05, 0) is 31.8 Å². The van der Waals surface area contributed by atoms with Crippen LogP contribution in [0.25, 0.3) is 10.9 Å². The summed E-state index contributed by atoms with van der Waals surface area (Å²) in [5, 5.41) is 0.773. The second-order valence-electron chi connectivity index (χ2n) is 6.53. The van der Waals surface area contributed by atoms with E-state index in [9.17, 15) is 4.79 Å². The number of fused-ring (bicyclic) bond motifs is 1. The molecule has 6 nitrogen and oxygen atoms in total. The van der Waals surface area contributed by atoms with Crippen LogP contribution in [0.15, 0.2) is 54.6 Å². The topological polar surface area (TPSA) is 76.6 Å². The Kier molecular flexibility index (Phi) is 5.43. The number of H-pyrrole nitrogens is 1. The molecule has 1 amide bonds. The van der Waals surface area contributed by atoms with Gasteiger partial charge in [0, 0.05) is 19.6 Å². The Morgan fingerprint density at radius 1 is 1.04 bits per heavy atom. The molecular weight excluding hydrogens is 326 g/mol. The van der Waals surface area contributed by atoms with Crippen LogP contribution in [-0.4, -0.2) is 47.9 Å². The number of carbonyl (C=O) groups excluding carboxylic acids is 1. The number of rotatable bonds is 6. The summed E-state index contributed by atoms with van der Waals surface area (Å²) in [6.45, 7) is 1.93. The Morgan fingerprint density at radius 2 is 1.73 bits per heavy atom. The van der Waals surface area contributed by atoms with Gasteiger partial charge in [0.25, 0.3) is 5.91 Å². The van der Waals surface area contributed by atoms with Gasteiger partial charge in [0.05, 0.1) is 5.39 Å². The summed E-state index contributed by atoms with van der Waals surface area (Å²) in [5.74, 6) is 0.153. The molecule has 3 rings (SSSR count). The van der Waals surface area contributed by atoms with Crippen molar-refractivity contribution in [3.05, 3.63) is 65.9 Å². The van der Waals surface area contributed by atoms with Gasteiger partial charge in [-0.25, -0.2) is 4.98 Å². The lowest BCUT2D eigenvalue weighted by Crippen LogP contribution is -2.39. The molecule has 0 saturated carbocycles. The summed E-state index contributed by atoms with van der Waals surface area (Å²) in [6.07, 6.45) is 0. The number of aromatic amines is 1. The number of nitrogens with two attached hydrogens (primary N) is 1. The average molecular weight is 350 g/mol. The van der Waals surface area contributed by atoms with E-state index < -0.39 is 0 Å². The van der Waals surface area contributed by atoms with E-state index in [1.807, 2.05) is 73.6 Å². The zero-order valence-electron chi connectivity index (χ0n) is 15.1. The number of hydrogen-bond acceptors (Lipinski definition) is 4. The first kappa shape index (κ1) is 17.8. The zero-order valence-corrected chi connectivity index (χ0v) is 15.1. The Balaban J connectivity index is 1.96. The fourth-order valence-electron chi connectivity index (χ4n) is 2.84. The molecule has 0 aliphatic rings. The number of para-hydroxylation sites is 1. The van der Waals surface area contributed by atoms with Gasteiger partial charge in [-0.1, -0.05) is 47.4 Å². The minimum Gasteiger partial charge on any atom is -0.331 e. The van der Waals surface area contributed by atoms with Crippen molar-refractivity contribution in [3.63, 3.8) is 0 Å². The normalized spacial score (nSPS) is 11.0. The van der Waals surface area contributed by atoms with Crippen molar-refractivity contribution in [3.8, 4) is 0 Å². The molecule has 0 spiro atoms. The van der Waals surface area contributed by atoms with Gasteiger partial charge in [0.1, 0.15) is 0 Å². The first-order chi connectivity index (χ1) is 12.5. The zero-order chi connectivity index (χ0) is 18.5.